The highest BCUT2D eigenvalue weighted by atomic mass is 16.5. The second-order valence-electron chi connectivity index (χ2n) is 5.91. The Morgan fingerprint density at radius 3 is 2.37 bits per heavy atom. The fourth-order valence-electron chi connectivity index (χ4n) is 2.57. The van der Waals surface area contributed by atoms with Gasteiger partial charge in [0.15, 0.2) is 0 Å². The number of hydrogen-bond donors (Lipinski definition) is 0. The van der Waals surface area contributed by atoms with Gasteiger partial charge in [-0.25, -0.2) is 4.79 Å². The summed E-state index contributed by atoms with van der Waals surface area (Å²) in [5, 5.41) is 4.54. The Labute approximate surface area is 158 Å². The van der Waals surface area contributed by atoms with Crippen LogP contribution in [0.5, 0.6) is 5.88 Å². The monoisotopic (exact) mass is 362 g/mol. The number of carbonyl (C=O) groups excluding carboxylic acids is 1. The third kappa shape index (κ3) is 5.57. The Hall–Kier alpha value is -3.34. The molecule has 0 N–H and O–H groups in total. The van der Waals surface area contributed by atoms with Crippen molar-refractivity contribution in [3.05, 3.63) is 89.6 Å². The molecule has 2 aromatic carbocycles. The van der Waals surface area contributed by atoms with Crippen LogP contribution in [0.2, 0.25) is 0 Å². The lowest BCUT2D eigenvalue weighted by molar-refractivity contribution is -0.137. The summed E-state index contributed by atoms with van der Waals surface area (Å²) < 4.78 is 12.6. The van der Waals surface area contributed by atoms with Crippen LogP contribution in [0.4, 0.5) is 0 Å². The molecule has 0 atom stereocenters. The first kappa shape index (κ1) is 18.5. The molecule has 5 heteroatoms. The third-order valence-electron chi connectivity index (χ3n) is 3.87. The largest absolute Gasteiger partial charge is 0.472 e. The molecule has 0 aliphatic carbocycles. The van der Waals surface area contributed by atoms with Crippen LogP contribution in [0.25, 0.3) is 6.08 Å². The third-order valence-corrected chi connectivity index (χ3v) is 3.87. The summed E-state index contributed by atoms with van der Waals surface area (Å²) >= 11 is 0. The van der Waals surface area contributed by atoms with E-state index >= 15 is 0 Å². The molecule has 0 radical (unpaired) electrons. The van der Waals surface area contributed by atoms with E-state index in [0.717, 1.165) is 16.8 Å². The van der Waals surface area contributed by atoms with Crippen LogP contribution in [0.3, 0.4) is 0 Å². The second-order valence-corrected chi connectivity index (χ2v) is 5.91. The highest BCUT2D eigenvalue weighted by molar-refractivity contribution is 5.86. The van der Waals surface area contributed by atoms with Gasteiger partial charge in [-0.15, -0.1) is 5.10 Å². The maximum atomic E-state index is 11.6. The lowest BCUT2D eigenvalue weighted by atomic mass is 10.2. The molecule has 0 saturated heterocycles. The van der Waals surface area contributed by atoms with Crippen LogP contribution < -0.4 is 4.74 Å². The normalized spacial score (nSPS) is 10.9. The van der Waals surface area contributed by atoms with Gasteiger partial charge in [-0.05, 0) is 24.1 Å². The predicted octanol–water partition coefficient (Wildman–Crippen LogP) is 4.09. The highest BCUT2D eigenvalue weighted by Crippen LogP contribution is 2.17. The predicted molar refractivity (Wildman–Crippen MR) is 104 cm³/mol. The van der Waals surface area contributed by atoms with Gasteiger partial charge in [-0.3, -0.25) is 4.68 Å². The van der Waals surface area contributed by atoms with Crippen molar-refractivity contribution in [1.29, 1.82) is 0 Å². The standard InChI is InChI=1S/C22H22N2O3/c1-2-26-22(25)14-13-20-15-21(27-17-19-11-7-4-8-12-19)23-24(20)16-18-9-5-3-6-10-18/h3-15H,2,16-17H2,1H3. The molecule has 3 aromatic rings. The summed E-state index contributed by atoms with van der Waals surface area (Å²) in [5.74, 6) is 0.134. The number of esters is 1. The molecule has 0 spiro atoms. The van der Waals surface area contributed by atoms with Crippen LogP contribution in [0.1, 0.15) is 23.7 Å². The van der Waals surface area contributed by atoms with Gasteiger partial charge in [0.2, 0.25) is 5.88 Å². The molecule has 0 amide bonds. The van der Waals surface area contributed by atoms with Gasteiger partial charge in [0.05, 0.1) is 18.8 Å². The summed E-state index contributed by atoms with van der Waals surface area (Å²) in [6, 6.07) is 21.8. The summed E-state index contributed by atoms with van der Waals surface area (Å²) in [6.45, 7) is 3.14. The lowest BCUT2D eigenvalue weighted by Gasteiger charge is -2.05. The summed E-state index contributed by atoms with van der Waals surface area (Å²) in [5.41, 5.74) is 2.95. The molecule has 1 aromatic heterocycles. The molecule has 27 heavy (non-hydrogen) atoms. The minimum Gasteiger partial charge on any atom is -0.472 e. The first-order chi connectivity index (χ1) is 13.2. The van der Waals surface area contributed by atoms with Gasteiger partial charge in [-0.2, -0.15) is 0 Å². The van der Waals surface area contributed by atoms with Gasteiger partial charge in [0.1, 0.15) is 6.61 Å². The number of ether oxygens (including phenoxy) is 2. The molecule has 1 heterocycles. The molecule has 0 aliphatic heterocycles. The minimum absolute atomic E-state index is 0.345. The number of carbonyl (C=O) groups is 1. The maximum absolute atomic E-state index is 11.6. The van der Waals surface area contributed by atoms with Crippen molar-refractivity contribution in [2.45, 2.75) is 20.1 Å². The Kier molecular flexibility index (Phi) is 6.41. The van der Waals surface area contributed by atoms with E-state index in [-0.39, 0.29) is 5.97 Å². The van der Waals surface area contributed by atoms with Crippen molar-refractivity contribution in [1.82, 2.24) is 9.78 Å². The SMILES string of the molecule is CCOC(=O)C=Cc1cc(OCc2ccccc2)nn1Cc1ccccc1. The molecular formula is C22H22N2O3. The van der Waals surface area contributed by atoms with Gasteiger partial charge in [0.25, 0.3) is 0 Å². The number of nitrogens with zero attached hydrogens (tertiary/aromatic N) is 2. The van der Waals surface area contributed by atoms with Crippen molar-refractivity contribution in [2.75, 3.05) is 6.61 Å². The van der Waals surface area contributed by atoms with Crippen molar-refractivity contribution in [3.8, 4) is 5.88 Å². The molecule has 5 nitrogen and oxygen atoms in total. The minimum atomic E-state index is -0.378. The van der Waals surface area contributed by atoms with E-state index in [2.05, 4.69) is 5.10 Å². The van der Waals surface area contributed by atoms with Crippen LogP contribution >= 0.6 is 0 Å². The van der Waals surface area contributed by atoms with E-state index < -0.39 is 0 Å². The number of aromatic nitrogens is 2. The first-order valence-electron chi connectivity index (χ1n) is 8.88. The van der Waals surface area contributed by atoms with Crippen molar-refractivity contribution in [2.24, 2.45) is 0 Å². The molecule has 0 unspecified atom stereocenters. The highest BCUT2D eigenvalue weighted by Gasteiger charge is 2.09. The van der Waals surface area contributed by atoms with E-state index in [9.17, 15) is 4.79 Å². The summed E-state index contributed by atoms with van der Waals surface area (Å²) in [7, 11) is 0. The van der Waals surface area contributed by atoms with Crippen LogP contribution in [-0.2, 0) is 22.7 Å². The molecule has 3 rings (SSSR count). The van der Waals surface area contributed by atoms with E-state index in [1.54, 1.807) is 13.0 Å². The quantitative estimate of drug-likeness (QED) is 0.447. The lowest BCUT2D eigenvalue weighted by Crippen LogP contribution is -2.05. The Morgan fingerprint density at radius 1 is 1.04 bits per heavy atom. The molecule has 0 fully saturated rings. The topological polar surface area (TPSA) is 53.4 Å². The fraction of sp³-hybridized carbons (Fsp3) is 0.182. The molecule has 0 bridgehead atoms. The zero-order valence-electron chi connectivity index (χ0n) is 15.2. The fourth-order valence-corrected chi connectivity index (χ4v) is 2.57. The van der Waals surface area contributed by atoms with E-state index in [4.69, 9.17) is 9.47 Å². The van der Waals surface area contributed by atoms with E-state index in [1.165, 1.54) is 6.08 Å². The average Bonchev–Trinajstić information content (AvgIpc) is 3.08. The van der Waals surface area contributed by atoms with E-state index in [1.807, 2.05) is 71.4 Å². The van der Waals surface area contributed by atoms with Gasteiger partial charge in [0, 0.05) is 12.1 Å². The Bertz CT molecular complexity index is 886. The molecular weight excluding hydrogens is 340 g/mol. The van der Waals surface area contributed by atoms with Crippen LogP contribution in [-0.4, -0.2) is 22.4 Å². The number of hydrogen-bond acceptors (Lipinski definition) is 4. The zero-order chi connectivity index (χ0) is 18.9. The Balaban J connectivity index is 1.78. The van der Waals surface area contributed by atoms with Gasteiger partial charge < -0.3 is 9.47 Å². The second kappa shape index (κ2) is 9.38. The summed E-state index contributed by atoms with van der Waals surface area (Å²) in [4.78, 5) is 11.6. The van der Waals surface area contributed by atoms with Crippen molar-refractivity contribution in [3.63, 3.8) is 0 Å². The Morgan fingerprint density at radius 2 is 1.70 bits per heavy atom. The first-order valence-corrected chi connectivity index (χ1v) is 8.88. The molecule has 138 valence electrons. The van der Waals surface area contributed by atoms with Gasteiger partial charge >= 0.3 is 5.97 Å². The number of rotatable bonds is 8. The number of benzene rings is 2. The van der Waals surface area contributed by atoms with Gasteiger partial charge in [-0.1, -0.05) is 60.7 Å². The average molecular weight is 362 g/mol. The van der Waals surface area contributed by atoms with Crippen LogP contribution in [0, 0.1) is 0 Å². The summed E-state index contributed by atoms with van der Waals surface area (Å²) in [6.07, 6.45) is 3.10. The maximum Gasteiger partial charge on any atom is 0.330 e. The smallest absolute Gasteiger partial charge is 0.330 e. The zero-order valence-corrected chi connectivity index (χ0v) is 15.2. The van der Waals surface area contributed by atoms with Crippen molar-refractivity contribution >= 4 is 12.0 Å². The van der Waals surface area contributed by atoms with E-state index in [0.29, 0.717) is 25.6 Å². The molecule has 0 saturated carbocycles. The van der Waals surface area contributed by atoms with Crippen LogP contribution in [0.15, 0.2) is 72.8 Å². The van der Waals surface area contributed by atoms with Crippen molar-refractivity contribution < 1.29 is 14.3 Å². The molecule has 0 aliphatic rings.